The van der Waals surface area contributed by atoms with Gasteiger partial charge in [0.1, 0.15) is 0 Å². The molecule has 26 heavy (non-hydrogen) atoms. The second-order valence-corrected chi connectivity index (χ2v) is 7.71. The van der Waals surface area contributed by atoms with Gasteiger partial charge in [0, 0.05) is 41.2 Å². The first kappa shape index (κ1) is 18.5. The number of amides is 2. The number of halogens is 1. The monoisotopic (exact) mass is 370 g/mol. The molecule has 2 aromatic carbocycles. The molecule has 2 aromatic rings. The van der Waals surface area contributed by atoms with Crippen molar-refractivity contribution in [1.82, 2.24) is 10.2 Å². The fourth-order valence-electron chi connectivity index (χ4n) is 3.40. The van der Waals surface area contributed by atoms with Gasteiger partial charge >= 0.3 is 0 Å². The smallest absolute Gasteiger partial charge is 0.254 e. The molecule has 0 saturated carbocycles. The molecule has 4 nitrogen and oxygen atoms in total. The number of fused-ring (bicyclic) bond motifs is 1. The molecule has 136 valence electrons. The third-order valence-electron chi connectivity index (χ3n) is 4.86. The van der Waals surface area contributed by atoms with Crippen LogP contribution in [0, 0.1) is 0 Å². The molecule has 1 N–H and O–H groups in total. The lowest BCUT2D eigenvalue weighted by Gasteiger charge is -2.39. The average Bonchev–Trinajstić information content (AvgIpc) is 2.63. The Labute approximate surface area is 159 Å². The number of carbonyl (C=O) groups is 2. The largest absolute Gasteiger partial charge is 0.348 e. The number of nitrogens with one attached hydrogen (secondary N) is 1. The molecule has 0 atom stereocenters. The highest BCUT2D eigenvalue weighted by molar-refractivity contribution is 6.30. The second-order valence-electron chi connectivity index (χ2n) is 7.27. The standard InChI is InChI=1S/C21H23ClN2O2/c1-4-24-13-21(2,3)18-10-7-15(11-17(18)20(24)26)19(25)23-12-14-5-8-16(22)9-6-14/h5-11H,4,12-13H2,1-3H3,(H,23,25). The zero-order valence-electron chi connectivity index (χ0n) is 15.3. The van der Waals surface area contributed by atoms with Gasteiger partial charge in [-0.25, -0.2) is 0 Å². The zero-order chi connectivity index (χ0) is 18.9. The topological polar surface area (TPSA) is 49.4 Å². The van der Waals surface area contributed by atoms with Gasteiger partial charge in [-0.05, 0) is 42.3 Å². The van der Waals surface area contributed by atoms with Crippen molar-refractivity contribution in [1.29, 1.82) is 0 Å². The van der Waals surface area contributed by atoms with Crippen molar-refractivity contribution in [2.75, 3.05) is 13.1 Å². The molecule has 0 radical (unpaired) electrons. The summed E-state index contributed by atoms with van der Waals surface area (Å²) in [5.74, 6) is -0.198. The minimum absolute atomic E-state index is 0.00539. The maximum atomic E-state index is 12.7. The van der Waals surface area contributed by atoms with Crippen LogP contribution in [-0.4, -0.2) is 29.8 Å². The van der Waals surface area contributed by atoms with Crippen LogP contribution in [0.1, 0.15) is 52.6 Å². The number of likely N-dealkylation sites (N-methyl/N-ethyl adjacent to an activating group) is 1. The van der Waals surface area contributed by atoms with Crippen LogP contribution in [0.3, 0.4) is 0 Å². The maximum absolute atomic E-state index is 12.7. The summed E-state index contributed by atoms with van der Waals surface area (Å²) in [7, 11) is 0. The van der Waals surface area contributed by atoms with E-state index in [-0.39, 0.29) is 17.2 Å². The SMILES string of the molecule is CCN1CC(C)(C)c2ccc(C(=O)NCc3ccc(Cl)cc3)cc2C1=O. The van der Waals surface area contributed by atoms with E-state index in [9.17, 15) is 9.59 Å². The quantitative estimate of drug-likeness (QED) is 0.883. The van der Waals surface area contributed by atoms with E-state index in [4.69, 9.17) is 11.6 Å². The van der Waals surface area contributed by atoms with E-state index in [0.717, 1.165) is 11.1 Å². The summed E-state index contributed by atoms with van der Waals surface area (Å²) in [5, 5.41) is 3.56. The second kappa shape index (κ2) is 7.12. The average molecular weight is 371 g/mol. The third-order valence-corrected chi connectivity index (χ3v) is 5.11. The van der Waals surface area contributed by atoms with Crippen LogP contribution in [0.5, 0.6) is 0 Å². The van der Waals surface area contributed by atoms with Crippen molar-refractivity contribution < 1.29 is 9.59 Å². The molecule has 0 aliphatic carbocycles. The lowest BCUT2D eigenvalue weighted by Crippen LogP contribution is -2.46. The molecule has 0 unspecified atom stereocenters. The lowest BCUT2D eigenvalue weighted by molar-refractivity contribution is 0.0699. The summed E-state index contributed by atoms with van der Waals surface area (Å²) in [4.78, 5) is 27.1. The van der Waals surface area contributed by atoms with Gasteiger partial charge in [0.05, 0.1) is 0 Å². The molecule has 0 aromatic heterocycles. The molecule has 0 saturated heterocycles. The molecule has 0 bridgehead atoms. The molecule has 3 rings (SSSR count). The van der Waals surface area contributed by atoms with Crippen LogP contribution in [0.15, 0.2) is 42.5 Å². The Morgan fingerprint density at radius 1 is 1.19 bits per heavy atom. The van der Waals surface area contributed by atoms with E-state index in [0.29, 0.717) is 35.8 Å². The van der Waals surface area contributed by atoms with E-state index in [2.05, 4.69) is 19.2 Å². The van der Waals surface area contributed by atoms with Gasteiger partial charge in [-0.15, -0.1) is 0 Å². The molecule has 0 fully saturated rings. The zero-order valence-corrected chi connectivity index (χ0v) is 16.1. The minimum atomic E-state index is -0.193. The fraction of sp³-hybridized carbons (Fsp3) is 0.333. The van der Waals surface area contributed by atoms with Crippen LogP contribution in [0.2, 0.25) is 5.02 Å². The molecule has 0 spiro atoms. The minimum Gasteiger partial charge on any atom is -0.348 e. The first-order chi connectivity index (χ1) is 12.3. The van der Waals surface area contributed by atoms with Crippen molar-refractivity contribution in [3.8, 4) is 0 Å². The number of hydrogen-bond acceptors (Lipinski definition) is 2. The molecule has 5 heteroatoms. The van der Waals surface area contributed by atoms with Crippen molar-refractivity contribution in [3.05, 3.63) is 69.7 Å². The normalized spacial score (nSPS) is 15.5. The van der Waals surface area contributed by atoms with Crippen LogP contribution < -0.4 is 5.32 Å². The summed E-state index contributed by atoms with van der Waals surface area (Å²) in [5.41, 5.74) is 2.97. The van der Waals surface area contributed by atoms with Gasteiger partial charge in [-0.1, -0.05) is 43.6 Å². The predicted octanol–water partition coefficient (Wildman–Crippen LogP) is 4.02. The highest BCUT2D eigenvalue weighted by Crippen LogP contribution is 2.33. The van der Waals surface area contributed by atoms with Gasteiger partial charge in [0.2, 0.25) is 0 Å². The lowest BCUT2D eigenvalue weighted by atomic mass is 9.77. The third kappa shape index (κ3) is 3.61. The summed E-state index contributed by atoms with van der Waals surface area (Å²) in [6.45, 7) is 7.99. The van der Waals surface area contributed by atoms with Crippen molar-refractivity contribution in [2.24, 2.45) is 0 Å². The first-order valence-corrected chi connectivity index (χ1v) is 9.16. The number of benzene rings is 2. The Bertz CT molecular complexity index is 844. The van der Waals surface area contributed by atoms with E-state index < -0.39 is 0 Å². The number of nitrogens with zero attached hydrogens (tertiary/aromatic N) is 1. The highest BCUT2D eigenvalue weighted by atomic mass is 35.5. The summed E-state index contributed by atoms with van der Waals surface area (Å²) in [6.07, 6.45) is 0. The van der Waals surface area contributed by atoms with E-state index >= 15 is 0 Å². The number of rotatable bonds is 4. The Morgan fingerprint density at radius 3 is 2.54 bits per heavy atom. The van der Waals surface area contributed by atoms with Crippen molar-refractivity contribution in [3.63, 3.8) is 0 Å². The number of hydrogen-bond donors (Lipinski definition) is 1. The highest BCUT2D eigenvalue weighted by Gasteiger charge is 2.36. The maximum Gasteiger partial charge on any atom is 0.254 e. The molecular formula is C21H23ClN2O2. The Kier molecular flexibility index (Phi) is 5.05. The summed E-state index contributed by atoms with van der Waals surface area (Å²) in [6, 6.07) is 12.8. The molecule has 2 amide bonds. The van der Waals surface area contributed by atoms with Crippen LogP contribution in [0.4, 0.5) is 0 Å². The molecule has 1 aliphatic rings. The first-order valence-electron chi connectivity index (χ1n) is 8.78. The molecule has 1 aliphatic heterocycles. The van der Waals surface area contributed by atoms with Gasteiger partial charge in [-0.2, -0.15) is 0 Å². The van der Waals surface area contributed by atoms with Gasteiger partial charge < -0.3 is 10.2 Å². The summed E-state index contributed by atoms with van der Waals surface area (Å²) >= 11 is 5.87. The molecular weight excluding hydrogens is 348 g/mol. The Balaban J connectivity index is 1.81. The Morgan fingerprint density at radius 2 is 1.88 bits per heavy atom. The van der Waals surface area contributed by atoms with Crippen molar-refractivity contribution in [2.45, 2.75) is 32.7 Å². The van der Waals surface area contributed by atoms with E-state index in [1.54, 1.807) is 24.3 Å². The summed E-state index contributed by atoms with van der Waals surface area (Å²) < 4.78 is 0. The van der Waals surface area contributed by atoms with E-state index in [1.165, 1.54) is 0 Å². The van der Waals surface area contributed by atoms with Crippen molar-refractivity contribution >= 4 is 23.4 Å². The van der Waals surface area contributed by atoms with Crippen LogP contribution in [-0.2, 0) is 12.0 Å². The number of carbonyl (C=O) groups excluding carboxylic acids is 2. The van der Waals surface area contributed by atoms with Gasteiger partial charge in [-0.3, -0.25) is 9.59 Å². The fourth-order valence-corrected chi connectivity index (χ4v) is 3.53. The van der Waals surface area contributed by atoms with Gasteiger partial charge in [0.25, 0.3) is 11.8 Å². The Hall–Kier alpha value is -2.33. The molecule has 1 heterocycles. The van der Waals surface area contributed by atoms with Gasteiger partial charge in [0.15, 0.2) is 0 Å². The van der Waals surface area contributed by atoms with Crippen LogP contribution >= 0.6 is 11.6 Å². The van der Waals surface area contributed by atoms with Crippen LogP contribution in [0.25, 0.3) is 0 Å². The van der Waals surface area contributed by atoms with E-state index in [1.807, 2.05) is 30.0 Å². The predicted molar refractivity (Wildman–Crippen MR) is 104 cm³/mol.